The summed E-state index contributed by atoms with van der Waals surface area (Å²) in [4.78, 5) is 0. The third kappa shape index (κ3) is 4.68. The Kier molecular flexibility index (Phi) is 6.63. The molecule has 4 rings (SSSR count). The summed E-state index contributed by atoms with van der Waals surface area (Å²) in [6.45, 7) is 0.750. The van der Waals surface area contributed by atoms with Crippen molar-refractivity contribution in [3.63, 3.8) is 0 Å². The Morgan fingerprint density at radius 2 is 1.64 bits per heavy atom. The third-order valence-electron chi connectivity index (χ3n) is 5.64. The first-order valence-corrected chi connectivity index (χ1v) is 9.87. The molecule has 28 heavy (non-hydrogen) atoms. The minimum atomic E-state index is -0.406. The van der Waals surface area contributed by atoms with Gasteiger partial charge in [-0.1, -0.05) is 62.4 Å². The highest BCUT2D eigenvalue weighted by Gasteiger charge is 2.18. The maximum atomic E-state index is 14.3. The van der Waals surface area contributed by atoms with Crippen molar-refractivity contribution >= 4 is 0 Å². The molecule has 1 heterocycles. The molecule has 3 aromatic rings. The third-order valence-corrected chi connectivity index (χ3v) is 5.64. The van der Waals surface area contributed by atoms with Gasteiger partial charge < -0.3 is 10.7 Å². The number of rotatable bonds is 5. The lowest BCUT2D eigenvalue weighted by molar-refractivity contribution is 0.351. The lowest BCUT2D eigenvalue weighted by Gasteiger charge is -2.22. The summed E-state index contributed by atoms with van der Waals surface area (Å²) < 4.78 is 30.2. The van der Waals surface area contributed by atoms with Crippen molar-refractivity contribution in [3.8, 4) is 11.1 Å². The number of benzene rings is 2. The van der Waals surface area contributed by atoms with Gasteiger partial charge in [0.05, 0.1) is 0 Å². The molecule has 2 nitrogen and oxygen atoms in total. The van der Waals surface area contributed by atoms with Crippen molar-refractivity contribution < 1.29 is 8.78 Å². The monoisotopic (exact) mass is 382 g/mol. The Bertz CT molecular complexity index is 896. The summed E-state index contributed by atoms with van der Waals surface area (Å²) in [6, 6.07) is 16.0. The molecule has 0 amide bonds. The van der Waals surface area contributed by atoms with Crippen molar-refractivity contribution in [2.45, 2.75) is 45.1 Å². The van der Waals surface area contributed by atoms with Crippen LogP contribution in [-0.4, -0.2) is 4.57 Å². The summed E-state index contributed by atoms with van der Waals surface area (Å²) in [5.41, 5.74) is 3.52. The zero-order valence-electron chi connectivity index (χ0n) is 16.2. The van der Waals surface area contributed by atoms with E-state index in [0.29, 0.717) is 11.5 Å². The van der Waals surface area contributed by atoms with Crippen LogP contribution in [-0.2, 0) is 13.0 Å². The predicted molar refractivity (Wildman–Crippen MR) is 111 cm³/mol. The first kappa shape index (κ1) is 20.3. The normalized spacial score (nSPS) is 14.6. The lowest BCUT2D eigenvalue weighted by atomic mass is 9.86. The van der Waals surface area contributed by atoms with Crippen molar-refractivity contribution in [1.82, 2.24) is 10.7 Å². The van der Waals surface area contributed by atoms with E-state index >= 15 is 0 Å². The van der Waals surface area contributed by atoms with Crippen LogP contribution in [0.15, 0.2) is 60.8 Å². The zero-order valence-corrected chi connectivity index (χ0v) is 16.2. The van der Waals surface area contributed by atoms with Crippen molar-refractivity contribution in [2.24, 2.45) is 5.92 Å². The fraction of sp³-hybridized carbons (Fsp3) is 0.333. The largest absolute Gasteiger partial charge is 0.346 e. The summed E-state index contributed by atoms with van der Waals surface area (Å²) in [5, 5.41) is 0. The summed E-state index contributed by atoms with van der Waals surface area (Å²) in [5.74, 6) is -0.0955. The van der Waals surface area contributed by atoms with Gasteiger partial charge in [0.25, 0.3) is 0 Å². The van der Waals surface area contributed by atoms with E-state index in [9.17, 15) is 8.78 Å². The second-order valence-corrected chi connectivity index (χ2v) is 7.67. The molecular formula is C24H28F2N2. The van der Waals surface area contributed by atoms with E-state index in [2.05, 4.69) is 22.8 Å². The summed E-state index contributed by atoms with van der Waals surface area (Å²) in [6.07, 6.45) is 9.44. The first-order chi connectivity index (χ1) is 13.2. The number of nitrogens with zero attached hydrogens (tertiary/aromatic N) is 1. The molecule has 1 aromatic heterocycles. The molecule has 1 fully saturated rings. The molecule has 3 N–H and O–H groups in total. The molecule has 1 aliphatic rings. The highest BCUT2D eigenvalue weighted by atomic mass is 19.1. The van der Waals surface area contributed by atoms with E-state index in [1.54, 1.807) is 0 Å². The molecule has 0 radical (unpaired) electrons. The standard InChI is InChI=1S/C24H25F2N.H3N/c25-21-11-12-24(26)23(15-21)20-14-22(13-18-7-3-1-4-8-18)27(17-20)16-19-9-5-2-6-10-19;/h2,5-6,9-12,14-15,17-18H,1,3-4,7-8,13,16H2;1H3. The maximum absolute atomic E-state index is 14.3. The van der Waals surface area contributed by atoms with Crippen molar-refractivity contribution in [2.75, 3.05) is 0 Å². The molecule has 0 atom stereocenters. The van der Waals surface area contributed by atoms with Gasteiger partial charge in [0, 0.05) is 29.6 Å². The van der Waals surface area contributed by atoms with Gasteiger partial charge in [0.15, 0.2) is 0 Å². The highest BCUT2D eigenvalue weighted by Crippen LogP contribution is 2.31. The Hall–Kier alpha value is -2.46. The minimum Gasteiger partial charge on any atom is -0.346 e. The van der Waals surface area contributed by atoms with Crippen LogP contribution in [0.4, 0.5) is 8.78 Å². The average Bonchev–Trinajstić information content (AvgIpc) is 3.07. The van der Waals surface area contributed by atoms with E-state index in [1.165, 1.54) is 61.6 Å². The molecule has 0 aliphatic heterocycles. The van der Waals surface area contributed by atoms with Gasteiger partial charge in [0.2, 0.25) is 0 Å². The van der Waals surface area contributed by atoms with E-state index < -0.39 is 5.82 Å². The van der Waals surface area contributed by atoms with Crippen LogP contribution in [0.1, 0.15) is 43.4 Å². The molecule has 0 unspecified atom stereocenters. The molecule has 0 saturated heterocycles. The van der Waals surface area contributed by atoms with Crippen LogP contribution in [0.2, 0.25) is 0 Å². The molecule has 0 bridgehead atoms. The first-order valence-electron chi connectivity index (χ1n) is 9.87. The Balaban J connectivity index is 0.00000225. The summed E-state index contributed by atoms with van der Waals surface area (Å²) in [7, 11) is 0. The van der Waals surface area contributed by atoms with Gasteiger partial charge in [0.1, 0.15) is 11.6 Å². The molecular weight excluding hydrogens is 354 g/mol. The van der Waals surface area contributed by atoms with Crippen LogP contribution < -0.4 is 6.15 Å². The van der Waals surface area contributed by atoms with Gasteiger partial charge in [-0.3, -0.25) is 0 Å². The lowest BCUT2D eigenvalue weighted by Crippen LogP contribution is -2.12. The van der Waals surface area contributed by atoms with E-state index in [-0.39, 0.29) is 12.0 Å². The smallest absolute Gasteiger partial charge is 0.131 e. The van der Waals surface area contributed by atoms with Gasteiger partial charge >= 0.3 is 0 Å². The summed E-state index contributed by atoms with van der Waals surface area (Å²) >= 11 is 0. The van der Waals surface area contributed by atoms with Crippen molar-refractivity contribution in [3.05, 3.63) is 83.7 Å². The Morgan fingerprint density at radius 1 is 0.893 bits per heavy atom. The van der Waals surface area contributed by atoms with Crippen LogP contribution >= 0.6 is 0 Å². The van der Waals surface area contributed by atoms with Crippen LogP contribution in [0.5, 0.6) is 0 Å². The van der Waals surface area contributed by atoms with Gasteiger partial charge in [-0.05, 0) is 42.2 Å². The van der Waals surface area contributed by atoms with E-state index in [1.807, 2.05) is 24.4 Å². The fourth-order valence-electron chi connectivity index (χ4n) is 4.21. The SMILES string of the molecule is Fc1ccc(F)c(-c2cc(CC3CCCCC3)n(Cc3ccccc3)c2)c1.N. The number of hydrogen-bond donors (Lipinski definition) is 1. The molecule has 4 heteroatoms. The average molecular weight is 382 g/mol. The Labute approximate surface area is 165 Å². The number of halogens is 2. The highest BCUT2D eigenvalue weighted by molar-refractivity contribution is 5.64. The predicted octanol–water partition coefficient (Wildman–Crippen LogP) is 6.77. The van der Waals surface area contributed by atoms with Gasteiger partial charge in [-0.25, -0.2) is 8.78 Å². The second-order valence-electron chi connectivity index (χ2n) is 7.67. The van der Waals surface area contributed by atoms with E-state index in [4.69, 9.17) is 0 Å². The quantitative estimate of drug-likeness (QED) is 0.520. The Morgan fingerprint density at radius 3 is 2.39 bits per heavy atom. The molecule has 2 aromatic carbocycles. The van der Waals surface area contributed by atoms with Crippen LogP contribution in [0.3, 0.4) is 0 Å². The topological polar surface area (TPSA) is 39.9 Å². The minimum absolute atomic E-state index is 0. The second kappa shape index (κ2) is 9.16. The molecule has 1 saturated carbocycles. The molecule has 148 valence electrons. The van der Waals surface area contributed by atoms with Gasteiger partial charge in [-0.2, -0.15) is 0 Å². The van der Waals surface area contributed by atoms with Crippen LogP contribution in [0, 0.1) is 17.6 Å². The van der Waals surface area contributed by atoms with Crippen molar-refractivity contribution in [1.29, 1.82) is 0 Å². The molecule has 1 aliphatic carbocycles. The van der Waals surface area contributed by atoms with Crippen LogP contribution in [0.25, 0.3) is 11.1 Å². The van der Waals surface area contributed by atoms with E-state index in [0.717, 1.165) is 18.5 Å². The number of hydrogen-bond acceptors (Lipinski definition) is 1. The maximum Gasteiger partial charge on any atom is 0.131 e. The fourth-order valence-corrected chi connectivity index (χ4v) is 4.21. The zero-order chi connectivity index (χ0) is 18.6. The number of aromatic nitrogens is 1. The molecule has 0 spiro atoms. The van der Waals surface area contributed by atoms with Gasteiger partial charge in [-0.15, -0.1) is 0 Å².